The van der Waals surface area contributed by atoms with Gasteiger partial charge in [-0.25, -0.2) is 4.79 Å². The van der Waals surface area contributed by atoms with Crippen molar-refractivity contribution in [2.45, 2.75) is 27.2 Å². The SMILES string of the molecule is Cc1ccc(NC(=O)NC(=O)CC(C)(C)C(=O)O)cc1Cl. The molecule has 0 aliphatic carbocycles. The normalized spacial score (nSPS) is 10.9. The van der Waals surface area contributed by atoms with E-state index in [9.17, 15) is 14.4 Å². The first kappa shape index (κ1) is 17.0. The highest BCUT2D eigenvalue weighted by Gasteiger charge is 2.30. The van der Waals surface area contributed by atoms with Crippen LogP contribution >= 0.6 is 11.6 Å². The van der Waals surface area contributed by atoms with Gasteiger partial charge >= 0.3 is 12.0 Å². The number of aliphatic carboxylic acids is 1. The van der Waals surface area contributed by atoms with E-state index in [1.54, 1.807) is 18.2 Å². The average molecular weight is 313 g/mol. The summed E-state index contributed by atoms with van der Waals surface area (Å²) >= 11 is 5.92. The van der Waals surface area contributed by atoms with Crippen LogP contribution in [-0.2, 0) is 9.59 Å². The molecular formula is C14H17ClN2O4. The molecule has 3 amide bonds. The van der Waals surface area contributed by atoms with Crippen molar-refractivity contribution in [3.05, 3.63) is 28.8 Å². The van der Waals surface area contributed by atoms with E-state index in [0.717, 1.165) is 5.56 Å². The third-order valence-corrected chi connectivity index (χ3v) is 3.27. The standard InChI is InChI=1S/C14H17ClN2O4/c1-8-4-5-9(6-10(8)15)16-13(21)17-11(18)7-14(2,3)12(19)20/h4-6H,7H2,1-3H3,(H,19,20)(H2,16,17,18,21). The predicted molar refractivity (Wildman–Crippen MR) is 79.4 cm³/mol. The number of hydrogen-bond acceptors (Lipinski definition) is 3. The molecule has 0 aromatic heterocycles. The molecule has 0 fully saturated rings. The van der Waals surface area contributed by atoms with E-state index in [-0.39, 0.29) is 6.42 Å². The minimum Gasteiger partial charge on any atom is -0.481 e. The zero-order valence-corrected chi connectivity index (χ0v) is 12.7. The first-order valence-electron chi connectivity index (χ1n) is 6.22. The quantitative estimate of drug-likeness (QED) is 0.796. The van der Waals surface area contributed by atoms with Crippen LogP contribution in [0.15, 0.2) is 18.2 Å². The van der Waals surface area contributed by atoms with Crippen LogP contribution in [0, 0.1) is 12.3 Å². The molecule has 114 valence electrons. The number of nitrogens with one attached hydrogen (secondary N) is 2. The van der Waals surface area contributed by atoms with Crippen molar-refractivity contribution in [2.75, 3.05) is 5.32 Å². The number of anilines is 1. The summed E-state index contributed by atoms with van der Waals surface area (Å²) in [5.74, 6) is -1.78. The maximum atomic E-state index is 11.6. The van der Waals surface area contributed by atoms with E-state index in [1.807, 2.05) is 6.92 Å². The number of imide groups is 1. The fraction of sp³-hybridized carbons (Fsp3) is 0.357. The summed E-state index contributed by atoms with van der Waals surface area (Å²) in [6.07, 6.45) is -0.301. The Morgan fingerprint density at radius 3 is 2.43 bits per heavy atom. The molecule has 0 saturated heterocycles. The van der Waals surface area contributed by atoms with E-state index in [1.165, 1.54) is 13.8 Å². The summed E-state index contributed by atoms with van der Waals surface area (Å²) < 4.78 is 0. The van der Waals surface area contributed by atoms with Gasteiger partial charge in [0.05, 0.1) is 5.41 Å². The van der Waals surface area contributed by atoms with Crippen LogP contribution in [0.2, 0.25) is 5.02 Å². The van der Waals surface area contributed by atoms with Gasteiger partial charge in [0, 0.05) is 17.1 Å². The van der Waals surface area contributed by atoms with E-state index in [2.05, 4.69) is 10.6 Å². The second-order valence-electron chi connectivity index (χ2n) is 5.33. The summed E-state index contributed by atoms with van der Waals surface area (Å²) in [5, 5.41) is 13.9. The van der Waals surface area contributed by atoms with Crippen LogP contribution in [0.5, 0.6) is 0 Å². The highest BCUT2D eigenvalue weighted by Crippen LogP contribution is 2.21. The minimum absolute atomic E-state index is 0.301. The van der Waals surface area contributed by atoms with Crippen molar-refractivity contribution >= 4 is 35.2 Å². The Labute approximate surface area is 127 Å². The van der Waals surface area contributed by atoms with Crippen LogP contribution in [-0.4, -0.2) is 23.0 Å². The van der Waals surface area contributed by atoms with Gasteiger partial charge in [-0.15, -0.1) is 0 Å². The Kier molecular flexibility index (Phi) is 5.32. The summed E-state index contributed by atoms with van der Waals surface area (Å²) in [4.78, 5) is 34.2. The number of carboxylic acid groups (broad SMARTS) is 1. The van der Waals surface area contributed by atoms with Gasteiger partial charge in [-0.1, -0.05) is 17.7 Å². The summed E-state index contributed by atoms with van der Waals surface area (Å²) in [7, 11) is 0. The van der Waals surface area contributed by atoms with Crippen molar-refractivity contribution in [1.82, 2.24) is 5.32 Å². The third kappa shape index (κ3) is 5.07. The molecule has 6 nitrogen and oxygen atoms in total. The molecule has 1 aromatic carbocycles. The number of carbonyl (C=O) groups excluding carboxylic acids is 2. The first-order valence-corrected chi connectivity index (χ1v) is 6.60. The van der Waals surface area contributed by atoms with Gasteiger partial charge in [0.2, 0.25) is 5.91 Å². The van der Waals surface area contributed by atoms with Crippen molar-refractivity contribution in [3.8, 4) is 0 Å². The van der Waals surface area contributed by atoms with Gasteiger partial charge in [0.25, 0.3) is 0 Å². The van der Waals surface area contributed by atoms with Gasteiger partial charge in [-0.2, -0.15) is 0 Å². The lowest BCUT2D eigenvalue weighted by atomic mass is 9.89. The monoisotopic (exact) mass is 312 g/mol. The molecule has 0 heterocycles. The Morgan fingerprint density at radius 1 is 1.29 bits per heavy atom. The average Bonchev–Trinajstić information content (AvgIpc) is 2.32. The van der Waals surface area contributed by atoms with Crippen molar-refractivity contribution < 1.29 is 19.5 Å². The Balaban J connectivity index is 2.59. The molecule has 1 aromatic rings. The van der Waals surface area contributed by atoms with E-state index in [4.69, 9.17) is 16.7 Å². The topological polar surface area (TPSA) is 95.5 Å². The van der Waals surface area contributed by atoms with Crippen molar-refractivity contribution in [1.29, 1.82) is 0 Å². The summed E-state index contributed by atoms with van der Waals surface area (Å²) in [6, 6.07) is 4.20. The van der Waals surface area contributed by atoms with Crippen LogP contribution in [0.25, 0.3) is 0 Å². The van der Waals surface area contributed by atoms with Gasteiger partial charge in [0.1, 0.15) is 0 Å². The smallest absolute Gasteiger partial charge is 0.325 e. The first-order chi connectivity index (χ1) is 9.61. The number of carboxylic acids is 1. The number of halogens is 1. The van der Waals surface area contributed by atoms with Crippen LogP contribution in [0.1, 0.15) is 25.8 Å². The highest BCUT2D eigenvalue weighted by atomic mass is 35.5. The van der Waals surface area contributed by atoms with Crippen LogP contribution < -0.4 is 10.6 Å². The number of aryl methyl sites for hydroxylation is 1. The molecule has 7 heteroatoms. The highest BCUT2D eigenvalue weighted by molar-refractivity contribution is 6.31. The molecule has 0 unspecified atom stereocenters. The lowest BCUT2D eigenvalue weighted by Crippen LogP contribution is -2.38. The van der Waals surface area contributed by atoms with Gasteiger partial charge in [-0.05, 0) is 38.5 Å². The lowest BCUT2D eigenvalue weighted by Gasteiger charge is -2.17. The molecule has 0 saturated carbocycles. The largest absolute Gasteiger partial charge is 0.481 e. The number of carbonyl (C=O) groups is 3. The zero-order chi connectivity index (χ0) is 16.2. The molecule has 0 atom stereocenters. The maximum Gasteiger partial charge on any atom is 0.325 e. The lowest BCUT2D eigenvalue weighted by molar-refractivity contribution is -0.149. The molecule has 1 rings (SSSR count). The third-order valence-electron chi connectivity index (χ3n) is 2.86. The molecule has 0 aliphatic heterocycles. The molecule has 0 spiro atoms. The van der Waals surface area contributed by atoms with Gasteiger partial charge < -0.3 is 10.4 Å². The molecule has 3 N–H and O–H groups in total. The predicted octanol–water partition coefficient (Wildman–Crippen LogP) is 2.80. The fourth-order valence-corrected chi connectivity index (χ4v) is 1.66. The van der Waals surface area contributed by atoms with Crippen LogP contribution in [0.3, 0.4) is 0 Å². The molecule has 21 heavy (non-hydrogen) atoms. The Hall–Kier alpha value is -2.08. The number of urea groups is 1. The number of hydrogen-bond donors (Lipinski definition) is 3. The summed E-state index contributed by atoms with van der Waals surface area (Å²) in [6.45, 7) is 4.64. The zero-order valence-electron chi connectivity index (χ0n) is 12.0. The Morgan fingerprint density at radius 2 is 1.90 bits per heavy atom. The molecular weight excluding hydrogens is 296 g/mol. The van der Waals surface area contributed by atoms with Gasteiger partial charge in [-0.3, -0.25) is 14.9 Å². The number of rotatable bonds is 4. The number of amides is 3. The Bertz CT molecular complexity index is 584. The maximum absolute atomic E-state index is 11.6. The molecule has 0 radical (unpaired) electrons. The second kappa shape index (κ2) is 6.58. The van der Waals surface area contributed by atoms with E-state index < -0.39 is 23.3 Å². The molecule has 0 bridgehead atoms. The second-order valence-corrected chi connectivity index (χ2v) is 5.74. The minimum atomic E-state index is -1.24. The van der Waals surface area contributed by atoms with E-state index >= 15 is 0 Å². The summed E-state index contributed by atoms with van der Waals surface area (Å²) in [5.41, 5.74) is 0.0626. The van der Waals surface area contributed by atoms with E-state index in [0.29, 0.717) is 10.7 Å². The van der Waals surface area contributed by atoms with Crippen molar-refractivity contribution in [2.24, 2.45) is 5.41 Å². The fourth-order valence-electron chi connectivity index (χ4n) is 1.48. The van der Waals surface area contributed by atoms with Crippen molar-refractivity contribution in [3.63, 3.8) is 0 Å². The van der Waals surface area contributed by atoms with Gasteiger partial charge in [0.15, 0.2) is 0 Å². The van der Waals surface area contributed by atoms with Crippen LogP contribution in [0.4, 0.5) is 10.5 Å². The number of benzene rings is 1. The molecule has 0 aliphatic rings.